The smallest absolute Gasteiger partial charge is 0.406 e. The Bertz CT molecular complexity index is 716. The number of nitrogens with zero attached hydrogens (tertiary/aromatic N) is 1. The summed E-state index contributed by atoms with van der Waals surface area (Å²) in [5, 5.41) is 3.74. The Kier molecular flexibility index (Phi) is 6.41. The van der Waals surface area contributed by atoms with Crippen LogP contribution in [0.4, 0.5) is 13.2 Å². The molecule has 1 heterocycles. The van der Waals surface area contributed by atoms with Gasteiger partial charge in [-0.15, -0.1) is 24.5 Å². The topological polar surface area (TPSA) is 51.2 Å². The van der Waals surface area contributed by atoms with Gasteiger partial charge in [-0.05, 0) is 25.0 Å². The van der Waals surface area contributed by atoms with E-state index in [1.165, 1.54) is 18.2 Å². The molecule has 0 aliphatic rings. The van der Waals surface area contributed by atoms with Gasteiger partial charge >= 0.3 is 6.36 Å². The first-order chi connectivity index (χ1) is 11.7. The zero-order chi connectivity index (χ0) is 18.4. The molecular formula is C17H19F3N2O2S. The third kappa shape index (κ3) is 6.38. The second kappa shape index (κ2) is 8.33. The lowest BCUT2D eigenvalue weighted by molar-refractivity contribution is -0.274. The van der Waals surface area contributed by atoms with Crippen molar-refractivity contribution in [1.82, 2.24) is 10.3 Å². The highest BCUT2D eigenvalue weighted by atomic mass is 32.1. The van der Waals surface area contributed by atoms with Crippen molar-refractivity contribution in [3.05, 3.63) is 45.9 Å². The molecule has 0 saturated carbocycles. The summed E-state index contributed by atoms with van der Waals surface area (Å²) in [5.74, 6) is -0.403. The maximum absolute atomic E-state index is 12.4. The molecule has 1 aromatic heterocycles. The number of benzene rings is 1. The fourth-order valence-corrected chi connectivity index (χ4v) is 3.05. The first-order valence-corrected chi connectivity index (χ1v) is 8.59. The van der Waals surface area contributed by atoms with Crippen molar-refractivity contribution in [2.75, 3.05) is 6.54 Å². The van der Waals surface area contributed by atoms with Crippen LogP contribution in [0.3, 0.4) is 0 Å². The van der Waals surface area contributed by atoms with Gasteiger partial charge in [-0.3, -0.25) is 4.79 Å². The molecule has 8 heteroatoms. The van der Waals surface area contributed by atoms with Crippen molar-refractivity contribution in [2.45, 2.75) is 39.0 Å². The molecule has 0 saturated heterocycles. The van der Waals surface area contributed by atoms with Crippen molar-refractivity contribution in [1.29, 1.82) is 0 Å². The lowest BCUT2D eigenvalue weighted by atomic mass is 10.1. The number of aromatic nitrogens is 1. The van der Waals surface area contributed by atoms with Crippen LogP contribution in [0.1, 0.15) is 34.7 Å². The first-order valence-electron chi connectivity index (χ1n) is 7.77. The molecule has 1 atom stereocenters. The van der Waals surface area contributed by atoms with Crippen LogP contribution in [0.5, 0.6) is 5.75 Å². The number of rotatable bonds is 7. The molecule has 2 rings (SSSR count). The Balaban J connectivity index is 1.84. The molecule has 1 amide bonds. The number of amides is 1. The summed E-state index contributed by atoms with van der Waals surface area (Å²) in [6.45, 7) is 4.37. The molecule has 0 radical (unpaired) electrons. The summed E-state index contributed by atoms with van der Waals surface area (Å²) in [6, 6.07) is 5.84. The van der Waals surface area contributed by atoms with Crippen molar-refractivity contribution in [2.24, 2.45) is 0 Å². The predicted octanol–water partition coefficient (Wildman–Crippen LogP) is 4.20. The lowest BCUT2D eigenvalue weighted by Crippen LogP contribution is -2.27. The highest BCUT2D eigenvalue weighted by Gasteiger charge is 2.31. The normalized spacial score (nSPS) is 12.7. The Labute approximate surface area is 148 Å². The second-order valence-corrected chi connectivity index (χ2v) is 6.94. The van der Waals surface area contributed by atoms with Gasteiger partial charge in [0.15, 0.2) is 0 Å². The van der Waals surface area contributed by atoms with Crippen molar-refractivity contribution in [3.8, 4) is 5.75 Å². The van der Waals surface area contributed by atoms with Gasteiger partial charge in [0.1, 0.15) is 5.75 Å². The molecule has 4 nitrogen and oxygen atoms in total. The maximum atomic E-state index is 12.4. The number of hydrogen-bond donors (Lipinski definition) is 1. The van der Waals surface area contributed by atoms with Gasteiger partial charge in [0.05, 0.1) is 5.01 Å². The van der Waals surface area contributed by atoms with Crippen LogP contribution in [0.15, 0.2) is 30.5 Å². The summed E-state index contributed by atoms with van der Waals surface area (Å²) >= 11 is 1.58. The number of aryl methyl sites for hydroxylation is 2. The molecule has 2 aromatic rings. The molecule has 0 fully saturated rings. The Morgan fingerprint density at radius 1 is 1.36 bits per heavy atom. The Morgan fingerprint density at radius 2 is 2.08 bits per heavy atom. The van der Waals surface area contributed by atoms with E-state index in [1.54, 1.807) is 23.6 Å². The van der Waals surface area contributed by atoms with E-state index < -0.39 is 6.36 Å². The average Bonchev–Trinajstić information content (AvgIpc) is 2.97. The molecule has 1 aromatic carbocycles. The Morgan fingerprint density at radius 3 is 2.72 bits per heavy atom. The molecule has 0 aliphatic heterocycles. The highest BCUT2D eigenvalue weighted by molar-refractivity contribution is 7.11. The number of thiazole rings is 1. The zero-order valence-electron chi connectivity index (χ0n) is 13.9. The molecule has 25 heavy (non-hydrogen) atoms. The molecule has 1 N–H and O–H groups in total. The van der Waals surface area contributed by atoms with Crippen LogP contribution in [-0.2, 0) is 11.2 Å². The van der Waals surface area contributed by atoms with Gasteiger partial charge in [-0.25, -0.2) is 4.98 Å². The van der Waals surface area contributed by atoms with Gasteiger partial charge in [-0.1, -0.05) is 25.1 Å². The second-order valence-electron chi connectivity index (χ2n) is 5.67. The monoisotopic (exact) mass is 372 g/mol. The number of carbonyl (C=O) groups excluding carboxylic acids is 1. The number of hydrogen-bond acceptors (Lipinski definition) is 4. The van der Waals surface area contributed by atoms with E-state index >= 15 is 0 Å². The van der Waals surface area contributed by atoms with E-state index in [0.29, 0.717) is 12.1 Å². The summed E-state index contributed by atoms with van der Waals surface area (Å²) in [5.41, 5.74) is 0.346. The third-order valence-electron chi connectivity index (χ3n) is 3.49. The molecule has 0 unspecified atom stereocenters. The molecule has 0 aliphatic carbocycles. The van der Waals surface area contributed by atoms with E-state index in [4.69, 9.17) is 0 Å². The van der Waals surface area contributed by atoms with E-state index in [1.807, 2.05) is 13.8 Å². The maximum Gasteiger partial charge on any atom is 0.573 e. The van der Waals surface area contributed by atoms with Gasteiger partial charge in [-0.2, -0.15) is 0 Å². The molecular weight excluding hydrogens is 353 g/mol. The van der Waals surface area contributed by atoms with Crippen molar-refractivity contribution < 1.29 is 22.7 Å². The van der Waals surface area contributed by atoms with E-state index in [0.717, 1.165) is 9.88 Å². The number of ether oxygens (including phenoxy) is 1. The van der Waals surface area contributed by atoms with Crippen molar-refractivity contribution >= 4 is 17.2 Å². The molecule has 0 spiro atoms. The summed E-state index contributed by atoms with van der Waals surface area (Å²) in [4.78, 5) is 17.3. The van der Waals surface area contributed by atoms with Crippen LogP contribution in [0.25, 0.3) is 0 Å². The third-order valence-corrected chi connectivity index (χ3v) is 4.63. The largest absolute Gasteiger partial charge is 0.573 e. The lowest BCUT2D eigenvalue weighted by Gasteiger charge is -2.13. The van der Waals surface area contributed by atoms with E-state index in [-0.39, 0.29) is 30.4 Å². The van der Waals surface area contributed by atoms with Gasteiger partial charge in [0, 0.05) is 30.0 Å². The molecule has 136 valence electrons. The van der Waals surface area contributed by atoms with E-state index in [9.17, 15) is 18.0 Å². The van der Waals surface area contributed by atoms with Gasteiger partial charge in [0.25, 0.3) is 0 Å². The summed E-state index contributed by atoms with van der Waals surface area (Å²) in [7, 11) is 0. The Hall–Kier alpha value is -2.09. The fraction of sp³-hybridized carbons (Fsp3) is 0.412. The minimum Gasteiger partial charge on any atom is -0.406 e. The molecule has 0 bridgehead atoms. The minimum absolute atomic E-state index is 0.0852. The van der Waals surface area contributed by atoms with E-state index in [2.05, 4.69) is 15.0 Å². The first kappa shape index (κ1) is 19.2. The van der Waals surface area contributed by atoms with Crippen LogP contribution < -0.4 is 10.1 Å². The number of nitrogens with one attached hydrogen (secondary N) is 1. The van der Waals surface area contributed by atoms with Crippen molar-refractivity contribution in [3.63, 3.8) is 0 Å². The van der Waals surface area contributed by atoms with Crippen LogP contribution in [-0.4, -0.2) is 23.8 Å². The number of halogens is 3. The average molecular weight is 372 g/mol. The number of para-hydroxylation sites is 1. The highest BCUT2D eigenvalue weighted by Crippen LogP contribution is 2.27. The van der Waals surface area contributed by atoms with Crippen LogP contribution >= 0.6 is 11.3 Å². The quantitative estimate of drug-likeness (QED) is 0.792. The van der Waals surface area contributed by atoms with Gasteiger partial charge in [0.2, 0.25) is 5.91 Å². The standard InChI is InChI=1S/C17H19F3N2O2S/c1-11(16-22-10-12(2)25-16)9-21-15(23)8-7-13-5-3-4-6-14(13)24-17(18,19)20/h3-6,10-11H,7-9H2,1-2H3,(H,21,23)/t11-/m1/s1. The van der Waals surface area contributed by atoms with Crippen LogP contribution in [0, 0.1) is 6.92 Å². The van der Waals surface area contributed by atoms with Crippen LogP contribution in [0.2, 0.25) is 0 Å². The SMILES string of the molecule is Cc1cnc([C@H](C)CNC(=O)CCc2ccccc2OC(F)(F)F)s1. The van der Waals surface area contributed by atoms with Gasteiger partial charge < -0.3 is 10.1 Å². The minimum atomic E-state index is -4.75. The fourth-order valence-electron chi connectivity index (χ4n) is 2.23. The number of carbonyl (C=O) groups is 1. The summed E-state index contributed by atoms with van der Waals surface area (Å²) in [6.07, 6.45) is -2.71. The number of alkyl halides is 3. The summed E-state index contributed by atoms with van der Waals surface area (Å²) < 4.78 is 41.1. The predicted molar refractivity (Wildman–Crippen MR) is 89.7 cm³/mol. The zero-order valence-corrected chi connectivity index (χ0v) is 14.7.